The van der Waals surface area contributed by atoms with Crippen LogP contribution in [0.2, 0.25) is 5.02 Å². The first kappa shape index (κ1) is 34.2. The van der Waals surface area contributed by atoms with Crippen molar-refractivity contribution in [2.75, 3.05) is 27.2 Å². The number of sulfonamides is 1. The van der Waals surface area contributed by atoms with Crippen molar-refractivity contribution in [1.29, 1.82) is 0 Å². The maximum absolute atomic E-state index is 15.0. The highest BCUT2D eigenvalue weighted by Crippen LogP contribution is 2.50. The molecule has 2 bridgehead atoms. The number of rotatable bonds is 6. The number of halogens is 1. The molecule has 4 aromatic rings. The lowest BCUT2D eigenvalue weighted by Gasteiger charge is -2.44. The predicted molar refractivity (Wildman–Crippen MR) is 197 cm³/mol. The number of nitrogens with one attached hydrogen (secondary N) is 1. The Morgan fingerprint density at radius 1 is 1.00 bits per heavy atom. The third-order valence-electron chi connectivity index (χ3n) is 11.7. The summed E-state index contributed by atoms with van der Waals surface area (Å²) < 4.78 is 36.7. The first-order valence-corrected chi connectivity index (χ1v) is 19.8. The van der Waals surface area contributed by atoms with Crippen LogP contribution in [0.5, 0.6) is 5.75 Å². The Morgan fingerprint density at radius 2 is 1.75 bits per heavy atom. The molecule has 3 unspecified atom stereocenters. The lowest BCUT2D eigenvalue weighted by Crippen LogP contribution is -2.58. The molecular formula is C39H44ClN5O5S. The number of methoxy groups -OCH3 is 1. The Hall–Kier alpha value is -3.93. The van der Waals surface area contributed by atoms with Gasteiger partial charge in [0, 0.05) is 66.1 Å². The van der Waals surface area contributed by atoms with Gasteiger partial charge in [0.1, 0.15) is 10.6 Å². The Morgan fingerprint density at radius 3 is 2.45 bits per heavy atom. The number of hydrogen-bond acceptors (Lipinski definition) is 7. The molecule has 0 spiro atoms. The number of nitrogens with zero attached hydrogens (tertiary/aromatic N) is 4. The van der Waals surface area contributed by atoms with E-state index in [0.29, 0.717) is 18.9 Å². The molecule has 2 amide bonds. The molecule has 0 radical (unpaired) electrons. The Balaban J connectivity index is 1.29. The van der Waals surface area contributed by atoms with Gasteiger partial charge in [-0.05, 0) is 99.5 Å². The largest absolute Gasteiger partial charge is 0.497 e. The van der Waals surface area contributed by atoms with Gasteiger partial charge in [0.25, 0.3) is 15.9 Å². The van der Waals surface area contributed by atoms with E-state index in [2.05, 4.69) is 50.2 Å². The molecule has 2 saturated heterocycles. The van der Waals surface area contributed by atoms with Crippen LogP contribution >= 0.6 is 11.6 Å². The smallest absolute Gasteiger partial charge is 0.267 e. The van der Waals surface area contributed by atoms with Gasteiger partial charge in [-0.2, -0.15) is 0 Å². The maximum Gasteiger partial charge on any atom is 0.267 e. The normalized spacial score (nSPS) is 23.8. The van der Waals surface area contributed by atoms with Crippen molar-refractivity contribution in [2.24, 2.45) is 5.41 Å². The second-order valence-electron chi connectivity index (χ2n) is 15.2. The zero-order valence-corrected chi connectivity index (χ0v) is 30.9. The number of hydrogen-bond donors (Lipinski definition) is 1. The molecule has 4 aliphatic rings. The minimum atomic E-state index is -4.29. The van der Waals surface area contributed by atoms with E-state index in [1.54, 1.807) is 19.2 Å². The number of benzene rings is 2. The molecule has 2 aromatic carbocycles. The summed E-state index contributed by atoms with van der Waals surface area (Å²) in [7, 11) is -0.482. The molecular weight excluding hydrogens is 686 g/mol. The van der Waals surface area contributed by atoms with Crippen LogP contribution in [-0.2, 0) is 27.8 Å². The number of piperazine rings is 1. The second-order valence-corrected chi connectivity index (χ2v) is 17.3. The van der Waals surface area contributed by atoms with E-state index < -0.39 is 21.3 Å². The summed E-state index contributed by atoms with van der Waals surface area (Å²) in [6.45, 7) is 4.26. The number of fused-ring (bicyclic) bond motifs is 7. The van der Waals surface area contributed by atoms with Gasteiger partial charge in [-0.3, -0.25) is 14.6 Å². The molecule has 1 aliphatic carbocycles. The van der Waals surface area contributed by atoms with E-state index in [9.17, 15) is 13.2 Å². The molecule has 1 saturated carbocycles. The molecule has 3 atom stereocenters. The standard InChI is InChI=1S/C39H44ClN5O5S/c1-39(38(47)45-27-10-11-28(45)22-43(2)21-27)19-26-17-29(50-3)12-14-30(26)36-35(24-7-5-4-6-8-24)31-13-9-25(18-33(31)44(36)23-39)37(46)42-51(48,49)34-20-41-16-15-32(34)40/h9,12-18,20,24,27-28H,4-8,10-11,19,21-23H2,1-3H3,(H,42,46). The molecule has 268 valence electrons. The fourth-order valence-corrected chi connectivity index (χ4v) is 10.8. The molecule has 3 aliphatic heterocycles. The lowest BCUT2D eigenvalue weighted by atomic mass is 9.79. The van der Waals surface area contributed by atoms with E-state index in [1.165, 1.54) is 24.2 Å². The lowest BCUT2D eigenvalue weighted by molar-refractivity contribution is -0.147. The van der Waals surface area contributed by atoms with Crippen molar-refractivity contribution in [1.82, 2.24) is 24.1 Å². The molecule has 12 heteroatoms. The van der Waals surface area contributed by atoms with Crippen LogP contribution in [0.4, 0.5) is 0 Å². The topological polar surface area (TPSA) is 114 Å². The molecule has 51 heavy (non-hydrogen) atoms. The summed E-state index contributed by atoms with van der Waals surface area (Å²) in [6.07, 6.45) is 10.7. The van der Waals surface area contributed by atoms with Gasteiger partial charge in [0.15, 0.2) is 0 Å². The van der Waals surface area contributed by atoms with Crippen molar-refractivity contribution < 1.29 is 22.7 Å². The van der Waals surface area contributed by atoms with Crippen LogP contribution in [0.3, 0.4) is 0 Å². The number of likely N-dealkylation sites (N-methyl/N-ethyl adjacent to an activating group) is 1. The Kier molecular flexibility index (Phi) is 8.66. The van der Waals surface area contributed by atoms with E-state index in [4.69, 9.17) is 16.3 Å². The van der Waals surface area contributed by atoms with Crippen LogP contribution in [0.25, 0.3) is 22.2 Å². The number of carbonyl (C=O) groups excluding carboxylic acids is 2. The van der Waals surface area contributed by atoms with Crippen molar-refractivity contribution in [3.63, 3.8) is 0 Å². The van der Waals surface area contributed by atoms with E-state index in [1.807, 2.05) is 12.1 Å². The van der Waals surface area contributed by atoms with Crippen molar-refractivity contribution in [3.8, 4) is 17.0 Å². The first-order valence-electron chi connectivity index (χ1n) is 18.0. The average Bonchev–Trinajstić information content (AvgIpc) is 3.52. The minimum Gasteiger partial charge on any atom is -0.497 e. The molecule has 10 nitrogen and oxygen atoms in total. The summed E-state index contributed by atoms with van der Waals surface area (Å²) >= 11 is 6.17. The van der Waals surface area contributed by atoms with Gasteiger partial charge in [0.05, 0.1) is 23.2 Å². The van der Waals surface area contributed by atoms with Gasteiger partial charge in [-0.25, -0.2) is 13.1 Å². The highest BCUT2D eigenvalue weighted by molar-refractivity contribution is 7.90. The molecule has 1 N–H and O–H groups in total. The van der Waals surface area contributed by atoms with Gasteiger partial charge < -0.3 is 19.1 Å². The minimum absolute atomic E-state index is 0.0252. The van der Waals surface area contributed by atoms with Crippen molar-refractivity contribution in [2.45, 2.75) is 87.7 Å². The first-order chi connectivity index (χ1) is 24.5. The molecule has 8 rings (SSSR count). The third-order valence-corrected chi connectivity index (χ3v) is 13.5. The summed E-state index contributed by atoms with van der Waals surface area (Å²) in [4.78, 5) is 36.9. The van der Waals surface area contributed by atoms with Crippen LogP contribution < -0.4 is 9.46 Å². The van der Waals surface area contributed by atoms with Crippen molar-refractivity contribution >= 4 is 44.3 Å². The zero-order valence-electron chi connectivity index (χ0n) is 29.3. The van der Waals surface area contributed by atoms with Gasteiger partial charge in [0.2, 0.25) is 5.91 Å². The highest BCUT2D eigenvalue weighted by atomic mass is 35.5. The van der Waals surface area contributed by atoms with Crippen LogP contribution in [-0.4, -0.2) is 78.9 Å². The summed E-state index contributed by atoms with van der Waals surface area (Å²) in [5.41, 5.74) is 4.70. The highest BCUT2D eigenvalue weighted by Gasteiger charge is 2.49. The third kappa shape index (κ3) is 5.91. The summed E-state index contributed by atoms with van der Waals surface area (Å²) in [6, 6.07) is 13.4. The monoisotopic (exact) mass is 729 g/mol. The quantitative estimate of drug-likeness (QED) is 0.245. The number of carbonyl (C=O) groups is 2. The van der Waals surface area contributed by atoms with Crippen LogP contribution in [0.1, 0.15) is 79.3 Å². The summed E-state index contributed by atoms with van der Waals surface area (Å²) in [5, 5.41) is 1.01. The number of likely N-dealkylation sites (tertiary alicyclic amines) is 1. The zero-order chi connectivity index (χ0) is 35.7. The summed E-state index contributed by atoms with van der Waals surface area (Å²) in [5.74, 6) is 0.465. The number of ether oxygens (including phenoxy) is 1. The van der Waals surface area contributed by atoms with Crippen LogP contribution in [0, 0.1) is 5.41 Å². The second kappa shape index (κ2) is 12.9. The fraction of sp³-hybridized carbons (Fsp3) is 0.462. The Bertz CT molecular complexity index is 2150. The van der Waals surface area contributed by atoms with Gasteiger partial charge in [-0.15, -0.1) is 0 Å². The van der Waals surface area contributed by atoms with E-state index in [-0.39, 0.29) is 33.5 Å². The Labute approximate surface area is 304 Å². The maximum atomic E-state index is 15.0. The molecule has 3 fully saturated rings. The molecule has 5 heterocycles. The van der Waals surface area contributed by atoms with Gasteiger partial charge >= 0.3 is 0 Å². The van der Waals surface area contributed by atoms with Crippen LogP contribution in [0.15, 0.2) is 59.8 Å². The van der Waals surface area contributed by atoms with E-state index >= 15 is 4.79 Å². The number of aromatic nitrogens is 2. The van der Waals surface area contributed by atoms with Crippen molar-refractivity contribution in [3.05, 3.63) is 76.6 Å². The van der Waals surface area contributed by atoms with E-state index in [0.717, 1.165) is 91.3 Å². The molecule has 2 aromatic heterocycles. The average molecular weight is 730 g/mol. The number of amides is 2. The van der Waals surface area contributed by atoms with Gasteiger partial charge in [-0.1, -0.05) is 36.9 Å². The SMILES string of the molecule is COc1ccc2c(c1)CC(C)(C(=O)N1C3CCC1CN(C)C3)Cn1c-2c(C2CCCCC2)c2ccc(C(=O)NS(=O)(=O)c3cnccc3Cl)cc21. The fourth-order valence-electron chi connectivity index (χ4n) is 9.37. The predicted octanol–water partition coefficient (Wildman–Crippen LogP) is 6.40. The number of pyridine rings is 1.